The second kappa shape index (κ2) is 8.00. The van der Waals surface area contributed by atoms with Gasteiger partial charge in [-0.3, -0.25) is 9.69 Å². The first-order chi connectivity index (χ1) is 10.2. The summed E-state index contributed by atoms with van der Waals surface area (Å²) in [4.78, 5) is 14.2. The Balaban J connectivity index is 1.84. The molecule has 1 aliphatic rings. The molecule has 2 rings (SSSR count). The first-order valence-electron chi connectivity index (χ1n) is 7.61. The van der Waals surface area contributed by atoms with E-state index >= 15 is 0 Å². The summed E-state index contributed by atoms with van der Waals surface area (Å²) in [5.74, 6) is 1.14. The van der Waals surface area contributed by atoms with Gasteiger partial charge in [-0.1, -0.05) is 6.92 Å². The van der Waals surface area contributed by atoms with Gasteiger partial charge in [-0.25, -0.2) is 0 Å². The summed E-state index contributed by atoms with van der Waals surface area (Å²) in [5, 5.41) is 3.23. The van der Waals surface area contributed by atoms with Crippen LogP contribution in [0.5, 0.6) is 11.5 Å². The van der Waals surface area contributed by atoms with Crippen LogP contribution in [-0.4, -0.2) is 49.7 Å². The minimum Gasteiger partial charge on any atom is -0.494 e. The van der Waals surface area contributed by atoms with Crippen LogP contribution in [0.25, 0.3) is 0 Å². The second-order valence-corrected chi connectivity index (χ2v) is 5.16. The maximum Gasteiger partial charge on any atom is 0.325 e. The van der Waals surface area contributed by atoms with Crippen molar-refractivity contribution in [1.82, 2.24) is 10.2 Å². The highest BCUT2D eigenvalue weighted by atomic mass is 16.5. The molecule has 1 N–H and O–H groups in total. The van der Waals surface area contributed by atoms with Gasteiger partial charge in [0.05, 0.1) is 13.2 Å². The molecule has 5 heteroatoms. The van der Waals surface area contributed by atoms with Gasteiger partial charge >= 0.3 is 5.97 Å². The van der Waals surface area contributed by atoms with Crippen molar-refractivity contribution in [2.24, 2.45) is 0 Å². The van der Waals surface area contributed by atoms with Crippen LogP contribution in [0.4, 0.5) is 0 Å². The lowest BCUT2D eigenvalue weighted by molar-refractivity contribution is -0.136. The van der Waals surface area contributed by atoms with E-state index in [4.69, 9.17) is 9.47 Å². The molecule has 0 spiro atoms. The highest BCUT2D eigenvalue weighted by Crippen LogP contribution is 2.18. The van der Waals surface area contributed by atoms with E-state index < -0.39 is 0 Å². The summed E-state index contributed by atoms with van der Waals surface area (Å²) in [6, 6.07) is 7.60. The summed E-state index contributed by atoms with van der Waals surface area (Å²) in [5.41, 5.74) is 0. The number of ether oxygens (including phenoxy) is 2. The molecule has 1 heterocycles. The number of nitrogens with one attached hydrogen (secondary N) is 1. The van der Waals surface area contributed by atoms with Gasteiger partial charge in [-0.15, -0.1) is 0 Å². The molecule has 5 nitrogen and oxygen atoms in total. The van der Waals surface area contributed by atoms with E-state index in [0.717, 1.165) is 31.8 Å². The van der Waals surface area contributed by atoms with Crippen LogP contribution in [0.3, 0.4) is 0 Å². The van der Waals surface area contributed by atoms with E-state index in [1.165, 1.54) is 0 Å². The number of hydrogen-bond donors (Lipinski definition) is 1. The monoisotopic (exact) mass is 292 g/mol. The van der Waals surface area contributed by atoms with Gasteiger partial charge in [0.2, 0.25) is 0 Å². The number of carbonyl (C=O) groups excluding carboxylic acids is 1. The summed E-state index contributed by atoms with van der Waals surface area (Å²) in [7, 11) is 0. The second-order valence-electron chi connectivity index (χ2n) is 5.16. The van der Waals surface area contributed by atoms with Crippen molar-refractivity contribution in [1.29, 1.82) is 0 Å². The Bertz CT molecular complexity index is 443. The van der Waals surface area contributed by atoms with Crippen molar-refractivity contribution in [2.75, 3.05) is 32.8 Å². The number of benzene rings is 1. The molecule has 0 bridgehead atoms. The molecule has 1 fully saturated rings. The number of esters is 1. The SMILES string of the molecule is CCCN(CC(=O)Oc1ccc(OCC)cc1)C1CNC1. The number of carbonyl (C=O) groups is 1. The molecule has 116 valence electrons. The highest BCUT2D eigenvalue weighted by molar-refractivity contribution is 5.74. The fourth-order valence-corrected chi connectivity index (χ4v) is 2.31. The van der Waals surface area contributed by atoms with E-state index in [-0.39, 0.29) is 5.97 Å². The van der Waals surface area contributed by atoms with E-state index in [9.17, 15) is 4.79 Å². The minimum atomic E-state index is -0.209. The molecule has 0 radical (unpaired) electrons. The summed E-state index contributed by atoms with van der Waals surface area (Å²) >= 11 is 0. The summed E-state index contributed by atoms with van der Waals surface area (Å²) in [6.07, 6.45) is 1.03. The van der Waals surface area contributed by atoms with Crippen LogP contribution in [0.15, 0.2) is 24.3 Å². The summed E-state index contributed by atoms with van der Waals surface area (Å²) in [6.45, 7) is 7.85. The Morgan fingerprint density at radius 2 is 1.90 bits per heavy atom. The fraction of sp³-hybridized carbons (Fsp3) is 0.562. The zero-order valence-electron chi connectivity index (χ0n) is 12.8. The van der Waals surface area contributed by atoms with Gasteiger partial charge in [0.25, 0.3) is 0 Å². The average Bonchev–Trinajstić information content (AvgIpc) is 2.39. The third-order valence-corrected chi connectivity index (χ3v) is 3.49. The maximum absolute atomic E-state index is 12.0. The van der Waals surface area contributed by atoms with Crippen LogP contribution < -0.4 is 14.8 Å². The van der Waals surface area contributed by atoms with Crippen molar-refractivity contribution >= 4 is 5.97 Å². The van der Waals surface area contributed by atoms with Crippen molar-refractivity contribution in [3.63, 3.8) is 0 Å². The molecule has 0 atom stereocenters. The van der Waals surface area contributed by atoms with E-state index in [1.807, 2.05) is 19.1 Å². The average molecular weight is 292 g/mol. The zero-order valence-corrected chi connectivity index (χ0v) is 12.8. The molecule has 0 unspecified atom stereocenters. The molecule has 0 aromatic heterocycles. The van der Waals surface area contributed by atoms with Gasteiger partial charge < -0.3 is 14.8 Å². The van der Waals surface area contributed by atoms with Gasteiger partial charge in [0.15, 0.2) is 0 Å². The van der Waals surface area contributed by atoms with Crippen molar-refractivity contribution < 1.29 is 14.3 Å². The first kappa shape index (κ1) is 15.8. The lowest BCUT2D eigenvalue weighted by Gasteiger charge is -2.37. The molecule has 1 aromatic carbocycles. The van der Waals surface area contributed by atoms with Crippen LogP contribution in [0, 0.1) is 0 Å². The predicted molar refractivity (Wildman–Crippen MR) is 81.8 cm³/mol. The standard InChI is InChI=1S/C16H24N2O3/c1-3-9-18(13-10-17-11-13)12-16(19)21-15-7-5-14(6-8-15)20-4-2/h5-8,13,17H,3-4,9-12H2,1-2H3. The number of hydrogen-bond acceptors (Lipinski definition) is 5. The van der Waals surface area contributed by atoms with Crippen LogP contribution in [0.2, 0.25) is 0 Å². The highest BCUT2D eigenvalue weighted by Gasteiger charge is 2.26. The molecule has 0 aliphatic carbocycles. The van der Waals surface area contributed by atoms with Gasteiger partial charge in [-0.05, 0) is 44.2 Å². The molecule has 1 aromatic rings. The molecular weight excluding hydrogens is 268 g/mol. The minimum absolute atomic E-state index is 0.209. The Kier molecular flexibility index (Phi) is 6.02. The smallest absolute Gasteiger partial charge is 0.325 e. The Labute approximate surface area is 126 Å². The Hall–Kier alpha value is -1.59. The molecule has 1 saturated heterocycles. The first-order valence-corrected chi connectivity index (χ1v) is 7.61. The topological polar surface area (TPSA) is 50.8 Å². The lowest BCUT2D eigenvalue weighted by Crippen LogP contribution is -2.58. The largest absolute Gasteiger partial charge is 0.494 e. The molecule has 0 amide bonds. The van der Waals surface area contributed by atoms with Crippen LogP contribution in [-0.2, 0) is 4.79 Å². The number of rotatable bonds is 8. The van der Waals surface area contributed by atoms with Crippen molar-refractivity contribution in [3.05, 3.63) is 24.3 Å². The van der Waals surface area contributed by atoms with Gasteiger partial charge in [0, 0.05) is 19.1 Å². The third kappa shape index (κ3) is 4.72. The molecule has 21 heavy (non-hydrogen) atoms. The fourth-order valence-electron chi connectivity index (χ4n) is 2.31. The van der Waals surface area contributed by atoms with E-state index in [1.54, 1.807) is 12.1 Å². The Morgan fingerprint density at radius 1 is 1.24 bits per heavy atom. The van der Waals surface area contributed by atoms with Crippen molar-refractivity contribution in [3.8, 4) is 11.5 Å². The number of nitrogens with zero attached hydrogens (tertiary/aromatic N) is 1. The molecular formula is C16H24N2O3. The Morgan fingerprint density at radius 3 is 2.43 bits per heavy atom. The normalized spacial score (nSPS) is 14.8. The zero-order chi connectivity index (χ0) is 15.1. The maximum atomic E-state index is 12.0. The van der Waals surface area contributed by atoms with E-state index in [2.05, 4.69) is 17.1 Å². The van der Waals surface area contributed by atoms with Crippen LogP contribution in [0.1, 0.15) is 20.3 Å². The quantitative estimate of drug-likeness (QED) is 0.583. The van der Waals surface area contributed by atoms with Gasteiger partial charge in [0.1, 0.15) is 11.5 Å². The predicted octanol–water partition coefficient (Wildman–Crippen LogP) is 1.67. The molecule has 0 saturated carbocycles. The van der Waals surface area contributed by atoms with E-state index in [0.29, 0.717) is 24.9 Å². The van der Waals surface area contributed by atoms with Crippen LogP contribution >= 0.6 is 0 Å². The van der Waals surface area contributed by atoms with Crippen molar-refractivity contribution in [2.45, 2.75) is 26.3 Å². The third-order valence-electron chi connectivity index (χ3n) is 3.49. The van der Waals surface area contributed by atoms with Gasteiger partial charge in [-0.2, -0.15) is 0 Å². The molecule has 1 aliphatic heterocycles. The summed E-state index contributed by atoms with van der Waals surface area (Å²) < 4.78 is 10.7. The lowest BCUT2D eigenvalue weighted by atomic mass is 10.1.